The molecule has 5 heteroatoms. The summed E-state index contributed by atoms with van der Waals surface area (Å²) in [5.41, 5.74) is 0. The second kappa shape index (κ2) is 7.93. The first-order valence-electron chi connectivity index (χ1n) is 5.34. The number of alkyl halides is 3. The van der Waals surface area contributed by atoms with Gasteiger partial charge in [0, 0.05) is 6.54 Å². The minimum atomic E-state index is -4.23. The summed E-state index contributed by atoms with van der Waals surface area (Å²) in [6.45, 7) is 3.89. The molecule has 0 spiro atoms. The molecule has 0 aliphatic rings. The van der Waals surface area contributed by atoms with Gasteiger partial charge in [0.2, 0.25) is 0 Å². The summed E-state index contributed by atoms with van der Waals surface area (Å²) in [5.74, 6) is 0. The average Bonchev–Trinajstić information content (AvgIpc) is 2.13. The van der Waals surface area contributed by atoms with Crippen molar-refractivity contribution >= 4 is 0 Å². The Morgan fingerprint density at radius 2 is 1.93 bits per heavy atom. The second-order valence-corrected chi connectivity index (χ2v) is 3.65. The second-order valence-electron chi connectivity index (χ2n) is 3.65. The first-order valence-corrected chi connectivity index (χ1v) is 5.34. The number of unbranched alkanes of at least 4 members (excludes halogenated alkanes) is 2. The number of nitrogens with one attached hydrogen (secondary N) is 1. The number of rotatable bonds is 8. The molecule has 0 aromatic heterocycles. The number of hydrogen-bond donors (Lipinski definition) is 1. The van der Waals surface area contributed by atoms with Crippen LogP contribution in [0.5, 0.6) is 0 Å². The monoisotopic (exact) mass is 227 g/mol. The Balaban J connectivity index is 3.30. The normalized spacial score (nSPS) is 14.2. The molecule has 0 aliphatic heterocycles. The lowest BCUT2D eigenvalue weighted by Gasteiger charge is -2.15. The summed E-state index contributed by atoms with van der Waals surface area (Å²) >= 11 is 0. The highest BCUT2D eigenvalue weighted by atomic mass is 19.4. The number of halogens is 3. The summed E-state index contributed by atoms with van der Waals surface area (Å²) in [5, 5.41) is 3.06. The van der Waals surface area contributed by atoms with Crippen molar-refractivity contribution in [2.75, 3.05) is 19.7 Å². The topological polar surface area (TPSA) is 21.3 Å². The lowest BCUT2D eigenvalue weighted by atomic mass is 10.2. The zero-order valence-electron chi connectivity index (χ0n) is 9.36. The smallest absolute Gasteiger partial charge is 0.368 e. The van der Waals surface area contributed by atoms with Gasteiger partial charge in [-0.15, -0.1) is 0 Å². The van der Waals surface area contributed by atoms with Gasteiger partial charge in [0.1, 0.15) is 6.61 Å². The van der Waals surface area contributed by atoms with Crippen LogP contribution in [-0.4, -0.2) is 32.0 Å². The van der Waals surface area contributed by atoms with Gasteiger partial charge in [-0.25, -0.2) is 0 Å². The van der Waals surface area contributed by atoms with Crippen molar-refractivity contribution in [2.24, 2.45) is 0 Å². The minimum Gasteiger partial charge on any atom is -0.368 e. The molecule has 0 saturated carbocycles. The molecule has 1 atom stereocenters. The summed E-state index contributed by atoms with van der Waals surface area (Å²) in [4.78, 5) is 0. The van der Waals surface area contributed by atoms with Gasteiger partial charge < -0.3 is 10.1 Å². The highest BCUT2D eigenvalue weighted by Gasteiger charge is 2.28. The van der Waals surface area contributed by atoms with Gasteiger partial charge in [-0.05, 0) is 19.9 Å². The Morgan fingerprint density at radius 3 is 2.47 bits per heavy atom. The third kappa shape index (κ3) is 11.6. The van der Waals surface area contributed by atoms with Crippen LogP contribution in [0.15, 0.2) is 0 Å². The molecule has 92 valence electrons. The van der Waals surface area contributed by atoms with E-state index in [4.69, 9.17) is 0 Å². The maximum atomic E-state index is 11.8. The lowest BCUT2D eigenvalue weighted by molar-refractivity contribution is -0.183. The molecule has 2 nitrogen and oxygen atoms in total. The first-order chi connectivity index (χ1) is 6.95. The molecule has 0 heterocycles. The van der Waals surface area contributed by atoms with Gasteiger partial charge in [0.15, 0.2) is 0 Å². The Kier molecular flexibility index (Phi) is 7.78. The highest BCUT2D eigenvalue weighted by molar-refractivity contribution is 4.57. The molecular weight excluding hydrogens is 207 g/mol. The van der Waals surface area contributed by atoms with Crippen molar-refractivity contribution in [3.63, 3.8) is 0 Å². The van der Waals surface area contributed by atoms with E-state index in [2.05, 4.69) is 17.0 Å². The fraction of sp³-hybridized carbons (Fsp3) is 1.00. The van der Waals surface area contributed by atoms with Crippen LogP contribution in [0, 0.1) is 0 Å². The maximum Gasteiger partial charge on any atom is 0.411 e. The van der Waals surface area contributed by atoms with Crippen LogP contribution < -0.4 is 5.32 Å². The summed E-state index contributed by atoms with van der Waals surface area (Å²) in [6, 6.07) is 0. The van der Waals surface area contributed by atoms with E-state index in [9.17, 15) is 13.2 Å². The predicted octanol–water partition coefficient (Wildman–Crippen LogP) is 2.73. The molecule has 0 saturated heterocycles. The quantitative estimate of drug-likeness (QED) is 0.644. The van der Waals surface area contributed by atoms with Crippen LogP contribution in [0.3, 0.4) is 0 Å². The molecule has 0 aromatic carbocycles. The molecule has 0 aliphatic carbocycles. The largest absolute Gasteiger partial charge is 0.411 e. The predicted molar refractivity (Wildman–Crippen MR) is 53.9 cm³/mol. The van der Waals surface area contributed by atoms with Gasteiger partial charge in [-0.3, -0.25) is 0 Å². The van der Waals surface area contributed by atoms with E-state index in [1.807, 2.05) is 0 Å². The summed E-state index contributed by atoms with van der Waals surface area (Å²) in [6.07, 6.45) is -1.28. The fourth-order valence-corrected chi connectivity index (χ4v) is 1.10. The Labute approximate surface area is 89.2 Å². The maximum absolute atomic E-state index is 11.8. The number of ether oxygens (including phenoxy) is 1. The van der Waals surface area contributed by atoms with E-state index >= 15 is 0 Å². The van der Waals surface area contributed by atoms with Crippen LogP contribution in [0.4, 0.5) is 13.2 Å². The fourth-order valence-electron chi connectivity index (χ4n) is 1.10. The Hall–Kier alpha value is -0.290. The van der Waals surface area contributed by atoms with Crippen LogP contribution in [0.25, 0.3) is 0 Å². The molecule has 1 unspecified atom stereocenters. The van der Waals surface area contributed by atoms with Crippen molar-refractivity contribution in [2.45, 2.75) is 45.4 Å². The summed E-state index contributed by atoms with van der Waals surface area (Å²) < 4.78 is 39.9. The van der Waals surface area contributed by atoms with Crippen molar-refractivity contribution in [3.8, 4) is 0 Å². The van der Waals surface area contributed by atoms with E-state index in [-0.39, 0.29) is 0 Å². The van der Waals surface area contributed by atoms with Crippen molar-refractivity contribution in [1.82, 2.24) is 5.32 Å². The molecule has 0 aromatic rings. The van der Waals surface area contributed by atoms with E-state index in [0.29, 0.717) is 6.54 Å². The van der Waals surface area contributed by atoms with Gasteiger partial charge in [-0.1, -0.05) is 19.8 Å². The van der Waals surface area contributed by atoms with E-state index in [1.54, 1.807) is 6.92 Å². The summed E-state index contributed by atoms with van der Waals surface area (Å²) in [7, 11) is 0. The average molecular weight is 227 g/mol. The lowest BCUT2D eigenvalue weighted by Crippen LogP contribution is -2.30. The molecular formula is C10H20F3NO. The molecule has 1 N–H and O–H groups in total. The molecule has 15 heavy (non-hydrogen) atoms. The van der Waals surface area contributed by atoms with E-state index in [0.717, 1.165) is 25.8 Å². The zero-order chi connectivity index (χ0) is 11.7. The van der Waals surface area contributed by atoms with Crippen LogP contribution in [0.1, 0.15) is 33.1 Å². The zero-order valence-corrected chi connectivity index (χ0v) is 9.36. The number of hydrogen-bond acceptors (Lipinski definition) is 2. The molecule has 0 rings (SSSR count). The molecule has 0 amide bonds. The van der Waals surface area contributed by atoms with Crippen LogP contribution in [0.2, 0.25) is 0 Å². The van der Waals surface area contributed by atoms with Crippen molar-refractivity contribution in [1.29, 1.82) is 0 Å². The Bertz CT molecular complexity index is 150. The molecule has 0 bridgehead atoms. The van der Waals surface area contributed by atoms with Gasteiger partial charge in [0.25, 0.3) is 0 Å². The first kappa shape index (κ1) is 14.7. The van der Waals surface area contributed by atoms with Gasteiger partial charge >= 0.3 is 6.18 Å². The molecule has 0 fully saturated rings. The van der Waals surface area contributed by atoms with Gasteiger partial charge in [0.05, 0.1) is 6.10 Å². The van der Waals surface area contributed by atoms with Crippen LogP contribution in [-0.2, 0) is 4.74 Å². The van der Waals surface area contributed by atoms with Crippen molar-refractivity contribution in [3.05, 3.63) is 0 Å². The standard InChI is InChI=1S/C10H20F3NO/c1-3-4-5-6-14-7-9(2)15-8-10(11,12)13/h9,14H,3-8H2,1-2H3. The third-order valence-corrected chi connectivity index (χ3v) is 1.92. The third-order valence-electron chi connectivity index (χ3n) is 1.92. The Morgan fingerprint density at radius 1 is 1.27 bits per heavy atom. The van der Waals surface area contributed by atoms with Crippen molar-refractivity contribution < 1.29 is 17.9 Å². The highest BCUT2D eigenvalue weighted by Crippen LogP contribution is 2.15. The van der Waals surface area contributed by atoms with Crippen LogP contribution >= 0.6 is 0 Å². The molecule has 0 radical (unpaired) electrons. The van der Waals surface area contributed by atoms with E-state index in [1.165, 1.54) is 0 Å². The van der Waals surface area contributed by atoms with Gasteiger partial charge in [-0.2, -0.15) is 13.2 Å². The SMILES string of the molecule is CCCCCNCC(C)OCC(F)(F)F. The minimum absolute atomic E-state index is 0.395. The van der Waals surface area contributed by atoms with E-state index < -0.39 is 18.9 Å².